The zero-order valence-electron chi connectivity index (χ0n) is 20.4. The fourth-order valence-electron chi connectivity index (χ4n) is 4.19. The summed E-state index contributed by atoms with van der Waals surface area (Å²) in [6, 6.07) is 5.50. The van der Waals surface area contributed by atoms with Crippen molar-refractivity contribution in [1.29, 1.82) is 5.26 Å². The number of nitriles is 1. The number of halogens is 3. The average Bonchev–Trinajstić information content (AvgIpc) is 3.45. The second-order valence-electron chi connectivity index (χ2n) is 8.49. The molecule has 2 aliphatic heterocycles. The lowest BCUT2D eigenvalue weighted by molar-refractivity contribution is -0.139. The van der Waals surface area contributed by atoms with Crippen LogP contribution in [-0.4, -0.2) is 79.0 Å². The third-order valence-corrected chi connectivity index (χ3v) is 7.08. The number of aromatic nitrogens is 2. The van der Waals surface area contributed by atoms with Crippen LogP contribution in [0.3, 0.4) is 0 Å². The first-order valence-corrected chi connectivity index (χ1v) is 13.1. The topological polar surface area (TPSA) is 110 Å². The maximum atomic E-state index is 13.5. The highest BCUT2D eigenvalue weighted by atomic mass is 35.5. The number of ether oxygens (including phenoxy) is 3. The number of benzene rings is 1. The van der Waals surface area contributed by atoms with Crippen molar-refractivity contribution in [2.24, 2.45) is 0 Å². The molecule has 1 N–H and O–H groups in total. The first-order valence-electron chi connectivity index (χ1n) is 11.7. The monoisotopic (exact) mass is 553 g/mol. The minimum absolute atomic E-state index is 0.0218. The largest absolute Gasteiger partial charge is 0.493 e. The van der Waals surface area contributed by atoms with Crippen molar-refractivity contribution >= 4 is 35.1 Å². The fraction of sp³-hybridized carbons (Fsp3) is 0.500. The van der Waals surface area contributed by atoms with E-state index in [1.165, 1.54) is 7.11 Å². The molecule has 1 saturated heterocycles. The summed E-state index contributed by atoms with van der Waals surface area (Å²) in [5.41, 5.74) is 1.52. The Bertz CT molecular complexity index is 1210. The molecule has 0 radical (unpaired) electrons. The van der Waals surface area contributed by atoms with Crippen LogP contribution in [-0.2, 0) is 9.53 Å². The number of esters is 1. The summed E-state index contributed by atoms with van der Waals surface area (Å²) in [4.78, 5) is 22.6. The Hall–Kier alpha value is -2.88. The molecule has 1 unspecified atom stereocenters. The number of likely N-dealkylation sites (tertiary alicyclic amines) is 1. The van der Waals surface area contributed by atoms with Gasteiger partial charge in [-0.05, 0) is 13.0 Å². The van der Waals surface area contributed by atoms with E-state index in [-0.39, 0.29) is 31.9 Å². The number of rotatable bonds is 10. The molecule has 2 aliphatic rings. The average molecular weight is 554 g/mol. The van der Waals surface area contributed by atoms with Gasteiger partial charge in [-0.2, -0.15) is 5.26 Å². The van der Waals surface area contributed by atoms with Gasteiger partial charge in [-0.1, -0.05) is 23.4 Å². The lowest BCUT2D eigenvalue weighted by Crippen LogP contribution is -2.29. The predicted octanol–water partition coefficient (Wildman–Crippen LogP) is 4.21. The van der Waals surface area contributed by atoms with Crippen LogP contribution in [0.2, 0.25) is 5.02 Å². The Labute approximate surface area is 222 Å². The number of hydrogen-bond acceptors (Lipinski definition) is 10. The zero-order chi connectivity index (χ0) is 26.6. The van der Waals surface area contributed by atoms with E-state index in [0.717, 1.165) is 11.8 Å². The number of fused-ring (bicyclic) bond motifs is 1. The van der Waals surface area contributed by atoms with Crippen LogP contribution in [0.15, 0.2) is 17.3 Å². The Morgan fingerprint density at radius 1 is 1.38 bits per heavy atom. The maximum absolute atomic E-state index is 13.5. The van der Waals surface area contributed by atoms with Crippen molar-refractivity contribution in [2.75, 3.05) is 57.6 Å². The van der Waals surface area contributed by atoms with Crippen LogP contribution in [0, 0.1) is 11.3 Å². The Morgan fingerprint density at radius 3 is 2.86 bits per heavy atom. The summed E-state index contributed by atoms with van der Waals surface area (Å²) < 4.78 is 43.3. The highest BCUT2D eigenvalue weighted by Gasteiger charge is 2.38. The number of nitrogens with one attached hydrogen (secondary N) is 1. The van der Waals surface area contributed by atoms with Gasteiger partial charge in [0, 0.05) is 43.2 Å². The number of carbonyl (C=O) groups is 1. The van der Waals surface area contributed by atoms with Gasteiger partial charge in [0.1, 0.15) is 12.4 Å². The van der Waals surface area contributed by atoms with E-state index in [4.69, 9.17) is 25.8 Å². The number of hydrogen-bond donors (Lipinski definition) is 1. The zero-order valence-corrected chi connectivity index (χ0v) is 21.9. The molecule has 3 heterocycles. The normalized spacial score (nSPS) is 18.1. The van der Waals surface area contributed by atoms with Crippen molar-refractivity contribution in [2.45, 2.75) is 30.3 Å². The highest BCUT2D eigenvalue weighted by molar-refractivity contribution is 7.99. The van der Waals surface area contributed by atoms with Crippen molar-refractivity contribution in [3.05, 3.63) is 22.7 Å². The van der Waals surface area contributed by atoms with E-state index in [1.807, 2.05) is 0 Å². The number of nitrogens with zero attached hydrogens (tertiary/aromatic N) is 4. The minimum Gasteiger partial charge on any atom is -0.493 e. The lowest BCUT2D eigenvalue weighted by Gasteiger charge is -2.18. The third-order valence-electron chi connectivity index (χ3n) is 5.95. The molecule has 1 fully saturated rings. The van der Waals surface area contributed by atoms with Gasteiger partial charge >= 0.3 is 5.97 Å². The molecule has 1 aromatic heterocycles. The maximum Gasteiger partial charge on any atom is 0.316 e. The van der Waals surface area contributed by atoms with Gasteiger partial charge in [-0.15, -0.1) is 0 Å². The van der Waals surface area contributed by atoms with Gasteiger partial charge in [0.05, 0.1) is 48.7 Å². The summed E-state index contributed by atoms with van der Waals surface area (Å²) in [5, 5.41) is 13.5. The molecule has 0 bridgehead atoms. The van der Waals surface area contributed by atoms with E-state index in [2.05, 4.69) is 21.4 Å². The smallest absolute Gasteiger partial charge is 0.316 e. The van der Waals surface area contributed by atoms with E-state index in [1.54, 1.807) is 24.0 Å². The summed E-state index contributed by atoms with van der Waals surface area (Å²) in [6.45, 7) is 2.86. The quantitative estimate of drug-likeness (QED) is 0.261. The van der Waals surface area contributed by atoms with Crippen LogP contribution >= 0.6 is 23.4 Å². The molecule has 2 aromatic rings. The summed E-state index contributed by atoms with van der Waals surface area (Å²) >= 11 is 7.74. The van der Waals surface area contributed by atoms with Gasteiger partial charge in [0.15, 0.2) is 16.7 Å². The molecule has 4 rings (SSSR count). The summed E-state index contributed by atoms with van der Waals surface area (Å²) in [5.74, 6) is -2.32. The molecule has 37 heavy (non-hydrogen) atoms. The van der Waals surface area contributed by atoms with Crippen LogP contribution in [0.25, 0.3) is 11.3 Å². The first kappa shape index (κ1) is 27.2. The predicted molar refractivity (Wildman–Crippen MR) is 135 cm³/mol. The molecular weight excluding hydrogens is 528 g/mol. The molecule has 13 heteroatoms. The number of anilines is 1. The van der Waals surface area contributed by atoms with E-state index in [9.17, 15) is 18.8 Å². The summed E-state index contributed by atoms with van der Waals surface area (Å²) in [7, 11) is 1.47. The molecule has 0 aliphatic carbocycles. The Morgan fingerprint density at radius 2 is 2.19 bits per heavy atom. The van der Waals surface area contributed by atoms with Crippen LogP contribution < -0.4 is 14.8 Å². The number of methoxy groups -OCH3 is 1. The molecular formula is C24H26ClF2N5O4S. The molecule has 198 valence electrons. The van der Waals surface area contributed by atoms with E-state index >= 15 is 0 Å². The van der Waals surface area contributed by atoms with Crippen LogP contribution in [0.4, 0.5) is 14.6 Å². The van der Waals surface area contributed by atoms with Crippen LogP contribution in [0.5, 0.6) is 11.5 Å². The molecule has 0 spiro atoms. The fourth-order valence-corrected chi connectivity index (χ4v) is 5.08. The molecule has 0 saturated carbocycles. The van der Waals surface area contributed by atoms with Gasteiger partial charge in [0.25, 0.3) is 5.92 Å². The van der Waals surface area contributed by atoms with E-state index < -0.39 is 17.8 Å². The van der Waals surface area contributed by atoms with Gasteiger partial charge in [-0.25, -0.2) is 18.7 Å². The molecule has 0 amide bonds. The van der Waals surface area contributed by atoms with Crippen LogP contribution in [0.1, 0.15) is 24.8 Å². The minimum atomic E-state index is -2.67. The summed E-state index contributed by atoms with van der Waals surface area (Å²) in [6.07, 6.45) is -0.162. The molecule has 9 nitrogen and oxygen atoms in total. The van der Waals surface area contributed by atoms with Gasteiger partial charge < -0.3 is 19.5 Å². The van der Waals surface area contributed by atoms with Crippen molar-refractivity contribution in [3.63, 3.8) is 0 Å². The lowest BCUT2D eigenvalue weighted by atomic mass is 9.98. The van der Waals surface area contributed by atoms with Gasteiger partial charge in [-0.3, -0.25) is 9.69 Å². The van der Waals surface area contributed by atoms with Crippen molar-refractivity contribution in [3.8, 4) is 28.8 Å². The van der Waals surface area contributed by atoms with Crippen molar-refractivity contribution in [1.82, 2.24) is 14.9 Å². The molecule has 1 aromatic carbocycles. The number of carbonyl (C=O) groups excluding carboxylic acids is 1. The second-order valence-corrected chi connectivity index (χ2v) is 9.84. The van der Waals surface area contributed by atoms with Crippen molar-refractivity contribution < 1.29 is 27.8 Å². The Balaban J connectivity index is 1.63. The highest BCUT2D eigenvalue weighted by Crippen LogP contribution is 2.44. The van der Waals surface area contributed by atoms with E-state index in [0.29, 0.717) is 64.0 Å². The number of alkyl halides is 2. The second kappa shape index (κ2) is 11.7. The first-order chi connectivity index (χ1) is 17.7. The Kier molecular flexibility index (Phi) is 8.56. The SMILES string of the molecule is CCOC(=O)CSc1nc2c(c(-c3cc(OCCN4CCC(F)(F)C4)c(OC)cc3Cl)n1)C(C#N)CN2. The third kappa shape index (κ3) is 6.34. The number of thioether (sulfide) groups is 1. The molecule has 1 atom stereocenters. The van der Waals surface area contributed by atoms with Gasteiger partial charge in [0.2, 0.25) is 0 Å². The standard InChI is InChI=1S/C24H26ClF2N5O4S/c1-3-35-19(33)12-37-23-30-21(20-14(10-28)11-29-22(20)31-23)15-8-18(17(34-2)9-16(15)25)36-7-6-32-5-4-24(26,27)13-32/h8-9,14H,3-7,11-13H2,1-2H3,(H,29,30,31).